The Morgan fingerprint density at radius 3 is 1.17 bits per heavy atom. The van der Waals surface area contributed by atoms with E-state index in [4.69, 9.17) is 125 Å². The normalized spacial score (nSPS) is 11.7. The van der Waals surface area contributed by atoms with E-state index in [1.54, 1.807) is 0 Å². The molecule has 0 spiro atoms. The van der Waals surface area contributed by atoms with Gasteiger partial charge in [-0.1, -0.05) is 122 Å². The Balaban J connectivity index is 1.26. The van der Waals surface area contributed by atoms with E-state index in [0.717, 1.165) is 22.3 Å². The molecule has 3 heterocycles. The van der Waals surface area contributed by atoms with E-state index in [2.05, 4.69) is 24.3 Å². The summed E-state index contributed by atoms with van der Waals surface area (Å²) in [6.45, 7) is 0. The summed E-state index contributed by atoms with van der Waals surface area (Å²) in [5, 5.41) is 1.85. The van der Waals surface area contributed by atoms with Gasteiger partial charge in [0.1, 0.15) is 110 Å². The predicted octanol–water partition coefficient (Wildman–Crippen LogP) is -3.94. The summed E-state index contributed by atoms with van der Waals surface area (Å²) in [6.07, 6.45) is 0. The highest BCUT2D eigenvalue weighted by molar-refractivity contribution is 7.29. The molecule has 7 aromatic carbocycles. The first-order chi connectivity index (χ1) is 30.6. The molecule has 3 aromatic heterocycles. The average Bonchev–Trinajstić information content (AvgIpc) is 3.92. The zero-order valence-corrected chi connectivity index (χ0v) is 35.4. The molecule has 0 fully saturated rings. The van der Waals surface area contributed by atoms with Gasteiger partial charge < -0.3 is 0 Å². The van der Waals surface area contributed by atoms with Gasteiger partial charge in [0, 0.05) is 40.9 Å². The standard InChI is InChI=1S/C45H13B14N3S2/c46-25-21-22-27(48)32(53)35(56)38(59)42(22)64-40(21)30(51)24(29(25)50)45-61-43(16-11-9-15(10-12-16)18-8-4-7-17(13-18)14-5-2-1-3-6-14)60-44(62-45)23-19-20-26(47)31(52)34(55)37(58)41(20)63-39(19)36(57)33(54)28(23)49/h1-13H. The van der Waals surface area contributed by atoms with E-state index in [1.165, 1.54) is 22.7 Å². The molecular weight excluding hydrogens is 798 g/mol. The molecule has 0 aliphatic carbocycles. The van der Waals surface area contributed by atoms with Crippen molar-refractivity contribution in [3.8, 4) is 56.4 Å². The van der Waals surface area contributed by atoms with Crippen LogP contribution in [0.2, 0.25) is 0 Å². The van der Waals surface area contributed by atoms with Gasteiger partial charge in [-0.2, -0.15) is 0 Å². The Kier molecular flexibility index (Phi) is 10.6. The molecule has 0 N–H and O–H groups in total. The summed E-state index contributed by atoms with van der Waals surface area (Å²) in [6, 6.07) is 26.2. The zero-order chi connectivity index (χ0) is 45.2. The fraction of sp³-hybridized carbons (Fsp3) is 0. The molecule has 0 atom stereocenters. The highest BCUT2D eigenvalue weighted by Crippen LogP contribution is 2.37. The zero-order valence-electron chi connectivity index (χ0n) is 33.7. The van der Waals surface area contributed by atoms with Gasteiger partial charge in [-0.15, -0.1) is 50.0 Å². The number of fused-ring (bicyclic) bond motifs is 6. The Hall–Kier alpha value is -5.10. The highest BCUT2D eigenvalue weighted by atomic mass is 32.1. The smallest absolute Gasteiger partial charge is 0.164 e. The molecule has 0 aliphatic rings. The summed E-state index contributed by atoms with van der Waals surface area (Å²) in [5.74, 6) is 0.357. The molecule has 0 unspecified atom stereocenters. The molecule has 0 saturated heterocycles. The molecule has 64 heavy (non-hydrogen) atoms. The number of hydrogen-bond donors (Lipinski definition) is 0. The molecule has 10 rings (SSSR count). The summed E-state index contributed by atoms with van der Waals surface area (Å²) >= 11 is 2.46. The van der Waals surface area contributed by atoms with Crippen LogP contribution < -0.4 is 76.5 Å². The molecule has 0 amide bonds. The maximum Gasteiger partial charge on any atom is 0.164 e. The van der Waals surface area contributed by atoms with E-state index in [9.17, 15) is 0 Å². The highest BCUT2D eigenvalue weighted by Gasteiger charge is 2.26. The second-order valence-corrected chi connectivity index (χ2v) is 17.4. The van der Waals surface area contributed by atoms with E-state index in [1.807, 2.05) is 54.6 Å². The maximum absolute atomic E-state index is 7.08. The summed E-state index contributed by atoms with van der Waals surface area (Å²) < 4.78 is 2.07. The van der Waals surface area contributed by atoms with Crippen molar-refractivity contribution in [2.24, 2.45) is 0 Å². The van der Waals surface area contributed by atoms with Gasteiger partial charge >= 0.3 is 0 Å². The second kappa shape index (κ2) is 15.8. The molecule has 28 radical (unpaired) electrons. The van der Waals surface area contributed by atoms with Crippen molar-refractivity contribution >= 4 is 249 Å². The van der Waals surface area contributed by atoms with Crippen LogP contribution in [0, 0.1) is 0 Å². The summed E-state index contributed by atoms with van der Waals surface area (Å²) in [5.41, 5.74) is 7.28. The number of rotatable bonds is 5. The fourth-order valence-electron chi connectivity index (χ4n) is 8.31. The van der Waals surface area contributed by atoms with Crippen molar-refractivity contribution in [3.63, 3.8) is 0 Å². The van der Waals surface area contributed by atoms with Gasteiger partial charge in [-0.25, -0.2) is 15.0 Å². The lowest BCUT2D eigenvalue weighted by molar-refractivity contribution is 1.08. The maximum atomic E-state index is 7.08. The van der Waals surface area contributed by atoms with Crippen molar-refractivity contribution in [2.75, 3.05) is 0 Å². The van der Waals surface area contributed by atoms with Crippen LogP contribution >= 0.6 is 22.7 Å². The van der Waals surface area contributed by atoms with Gasteiger partial charge in [0.05, 0.1) is 0 Å². The third-order valence-corrected chi connectivity index (χ3v) is 14.3. The van der Waals surface area contributed by atoms with Crippen LogP contribution in [-0.2, 0) is 0 Å². The minimum absolute atomic E-state index is 0.0550. The largest absolute Gasteiger partial charge is 0.208 e. The number of aromatic nitrogens is 3. The number of thiophene rings is 2. The van der Waals surface area contributed by atoms with Crippen molar-refractivity contribution in [2.45, 2.75) is 0 Å². The summed E-state index contributed by atoms with van der Waals surface area (Å²) in [4.78, 5) is 15.1. The Morgan fingerprint density at radius 1 is 0.266 bits per heavy atom. The number of nitrogens with zero attached hydrogens (tertiary/aromatic N) is 3. The Labute approximate surface area is 397 Å². The number of hydrogen-bond acceptors (Lipinski definition) is 5. The molecule has 0 saturated carbocycles. The van der Waals surface area contributed by atoms with E-state index < -0.39 is 0 Å². The molecule has 262 valence electrons. The van der Waals surface area contributed by atoms with Crippen molar-refractivity contribution in [1.82, 2.24) is 15.0 Å². The van der Waals surface area contributed by atoms with Crippen LogP contribution in [0.3, 0.4) is 0 Å². The van der Waals surface area contributed by atoms with E-state index in [0.29, 0.717) is 45.9 Å². The first-order valence-electron chi connectivity index (χ1n) is 19.5. The molecule has 10 aromatic rings. The van der Waals surface area contributed by atoms with Crippen LogP contribution in [0.1, 0.15) is 0 Å². The van der Waals surface area contributed by atoms with Crippen LogP contribution in [0.5, 0.6) is 0 Å². The quantitative estimate of drug-likeness (QED) is 0.167. The monoisotopic (exact) mass is 813 g/mol. The molecule has 3 nitrogen and oxygen atoms in total. The van der Waals surface area contributed by atoms with Crippen molar-refractivity contribution in [3.05, 3.63) is 78.9 Å². The topological polar surface area (TPSA) is 38.7 Å². The SMILES string of the molecule is [B]c1c([B])c([B])c2c(sc3c([B])c(-c4nc(-c5ccc(-c6cccc(-c7ccccc7)c6)cc5)nc(-c5c([B])c([B])c([B])c6sc7c([B])c([B])c([B])c([B])c7c56)n4)c([B])c([B])c32)c1[B]. The van der Waals surface area contributed by atoms with Gasteiger partial charge in [-0.05, 0) is 44.5 Å². The average molecular weight is 811 g/mol. The number of benzene rings is 7. The molecule has 0 bridgehead atoms. The van der Waals surface area contributed by atoms with Crippen LogP contribution in [0.25, 0.3) is 96.8 Å². The van der Waals surface area contributed by atoms with E-state index >= 15 is 0 Å². The van der Waals surface area contributed by atoms with Crippen molar-refractivity contribution in [1.29, 1.82) is 0 Å². The van der Waals surface area contributed by atoms with Gasteiger partial charge in [0.2, 0.25) is 0 Å². The predicted molar refractivity (Wildman–Crippen MR) is 288 cm³/mol. The Morgan fingerprint density at radius 2 is 0.625 bits per heavy atom. The van der Waals surface area contributed by atoms with Crippen LogP contribution in [0.4, 0.5) is 0 Å². The summed E-state index contributed by atoms with van der Waals surface area (Å²) in [7, 11) is 92.7. The lowest BCUT2D eigenvalue weighted by Gasteiger charge is -2.20. The first kappa shape index (κ1) is 42.8. The fourth-order valence-corrected chi connectivity index (χ4v) is 10.8. The van der Waals surface area contributed by atoms with Crippen LogP contribution in [-0.4, -0.2) is 125 Å². The van der Waals surface area contributed by atoms with E-state index in [-0.39, 0.29) is 105 Å². The third kappa shape index (κ3) is 6.38. The third-order valence-electron chi connectivity index (χ3n) is 11.8. The minimum Gasteiger partial charge on any atom is -0.208 e. The van der Waals surface area contributed by atoms with Gasteiger partial charge in [0.15, 0.2) is 17.5 Å². The van der Waals surface area contributed by atoms with Gasteiger partial charge in [-0.3, -0.25) is 0 Å². The first-order valence-corrected chi connectivity index (χ1v) is 21.1. The second-order valence-electron chi connectivity index (χ2n) is 15.4. The molecule has 0 aliphatic heterocycles. The minimum atomic E-state index is 0.0550. The lowest BCUT2D eigenvalue weighted by atomic mass is 9.64. The Bertz CT molecular complexity index is 3670. The lowest BCUT2D eigenvalue weighted by Crippen LogP contribution is -2.47. The van der Waals surface area contributed by atoms with Crippen LogP contribution in [0.15, 0.2) is 78.9 Å². The van der Waals surface area contributed by atoms with Crippen molar-refractivity contribution < 1.29 is 0 Å². The molecular formula is C45H13B14N3S2. The molecule has 19 heteroatoms. The van der Waals surface area contributed by atoms with Gasteiger partial charge in [0.25, 0.3) is 0 Å².